The Morgan fingerprint density at radius 3 is 2.62 bits per heavy atom. The average Bonchev–Trinajstić information content (AvgIpc) is 3.39. The number of benzene rings is 2. The van der Waals surface area contributed by atoms with Gasteiger partial charge in [-0.15, -0.1) is 0 Å². The third-order valence-electron chi connectivity index (χ3n) is 6.66. The van der Waals surface area contributed by atoms with Crippen molar-refractivity contribution in [1.82, 2.24) is 19.7 Å². The lowest BCUT2D eigenvalue weighted by molar-refractivity contribution is -0.113. The van der Waals surface area contributed by atoms with Gasteiger partial charge < -0.3 is 24.4 Å². The molecule has 0 radical (unpaired) electrons. The maximum atomic E-state index is 13.9. The Balaban J connectivity index is 1.44. The Morgan fingerprint density at radius 2 is 1.90 bits per heavy atom. The average molecular weight is 565 g/mol. The number of rotatable bonds is 10. The molecule has 1 saturated heterocycles. The number of nitrogens with one attached hydrogen (secondary N) is 2. The van der Waals surface area contributed by atoms with Crippen LogP contribution in [0.1, 0.15) is 11.3 Å². The number of aromatic amines is 1. The molecule has 2 aromatic carbocycles. The van der Waals surface area contributed by atoms with Crippen molar-refractivity contribution in [2.75, 3.05) is 56.5 Å². The number of thioether (sulfide) groups is 1. The molecule has 2 N–H and O–H groups in total. The number of amides is 1. The number of aryl methyl sites for hydroxylation is 2. The summed E-state index contributed by atoms with van der Waals surface area (Å²) in [5.41, 5.74) is 3.24. The first-order valence-electron chi connectivity index (χ1n) is 13.0. The summed E-state index contributed by atoms with van der Waals surface area (Å²) in [6.45, 7) is 5.08. The Morgan fingerprint density at radius 1 is 1.10 bits per heavy atom. The van der Waals surface area contributed by atoms with Crippen LogP contribution < -0.4 is 25.2 Å². The summed E-state index contributed by atoms with van der Waals surface area (Å²) in [6, 6.07) is 13.2. The molecule has 5 rings (SSSR count). The van der Waals surface area contributed by atoms with Gasteiger partial charge in [0.15, 0.2) is 22.5 Å². The van der Waals surface area contributed by atoms with Gasteiger partial charge in [0.1, 0.15) is 0 Å². The number of nitrogens with zero attached hydrogens (tertiary/aromatic N) is 4. The highest BCUT2D eigenvalue weighted by atomic mass is 32.2. The van der Waals surface area contributed by atoms with Crippen LogP contribution in [0.2, 0.25) is 0 Å². The first kappa shape index (κ1) is 27.5. The molecule has 1 aliphatic rings. The van der Waals surface area contributed by atoms with E-state index in [1.807, 2.05) is 43.3 Å². The fraction of sp³-hybridized carbons (Fsp3) is 0.357. The topological polar surface area (TPSA) is 124 Å². The first-order valence-corrected chi connectivity index (χ1v) is 14.0. The first-order chi connectivity index (χ1) is 19.4. The highest BCUT2D eigenvalue weighted by molar-refractivity contribution is 7.99. The van der Waals surface area contributed by atoms with Gasteiger partial charge in [-0.2, -0.15) is 5.10 Å². The van der Waals surface area contributed by atoms with E-state index in [4.69, 9.17) is 19.2 Å². The molecule has 0 unspecified atom stereocenters. The highest BCUT2D eigenvalue weighted by Crippen LogP contribution is 2.28. The summed E-state index contributed by atoms with van der Waals surface area (Å²) < 4.78 is 17.9. The molecule has 3 heterocycles. The molecule has 0 aliphatic carbocycles. The maximum Gasteiger partial charge on any atom is 0.262 e. The minimum absolute atomic E-state index is 0.0755. The van der Waals surface area contributed by atoms with E-state index < -0.39 is 0 Å². The summed E-state index contributed by atoms with van der Waals surface area (Å²) in [5, 5.41) is 10.6. The number of carbonyl (C=O) groups is 1. The molecule has 40 heavy (non-hydrogen) atoms. The van der Waals surface area contributed by atoms with Crippen LogP contribution in [0, 0.1) is 6.92 Å². The monoisotopic (exact) mass is 564 g/mol. The number of anilines is 2. The van der Waals surface area contributed by atoms with E-state index >= 15 is 0 Å². The number of H-pyrrole nitrogens is 1. The van der Waals surface area contributed by atoms with Crippen molar-refractivity contribution in [3.8, 4) is 11.5 Å². The minimum atomic E-state index is -0.236. The third kappa shape index (κ3) is 6.23. The minimum Gasteiger partial charge on any atom is -0.493 e. The van der Waals surface area contributed by atoms with Crippen LogP contribution >= 0.6 is 11.8 Å². The van der Waals surface area contributed by atoms with Crippen molar-refractivity contribution in [1.29, 1.82) is 0 Å². The van der Waals surface area contributed by atoms with Crippen molar-refractivity contribution < 1.29 is 19.0 Å². The summed E-state index contributed by atoms with van der Waals surface area (Å²) in [6.07, 6.45) is 0.558. The normalized spacial score (nSPS) is 13.4. The molecule has 2 aromatic heterocycles. The molecule has 0 saturated carbocycles. The quantitative estimate of drug-likeness (QED) is 0.221. The van der Waals surface area contributed by atoms with E-state index in [1.54, 1.807) is 24.9 Å². The number of hydrogen-bond donors (Lipinski definition) is 2. The number of morpholine rings is 1. The Hall–Kier alpha value is -4.03. The number of carbonyl (C=O) groups excluding carboxylic acids is 1. The lowest BCUT2D eigenvalue weighted by atomic mass is 10.1. The predicted octanol–water partition coefficient (Wildman–Crippen LogP) is 3.26. The number of fused-ring (bicyclic) bond motifs is 1. The number of ether oxygens (including phenoxy) is 3. The van der Waals surface area contributed by atoms with E-state index in [-0.39, 0.29) is 17.2 Å². The fourth-order valence-corrected chi connectivity index (χ4v) is 5.41. The molecule has 1 amide bonds. The number of aromatic nitrogens is 4. The Labute approximate surface area is 235 Å². The molecular weight excluding hydrogens is 532 g/mol. The molecule has 0 spiro atoms. The van der Waals surface area contributed by atoms with Gasteiger partial charge in [0.2, 0.25) is 5.91 Å². The van der Waals surface area contributed by atoms with Crippen LogP contribution in [0.4, 0.5) is 11.5 Å². The lowest BCUT2D eigenvalue weighted by Crippen LogP contribution is -2.36. The SMILES string of the molecule is COc1ccc(CCn2c(SCC(=O)Nc3cc(C)[nH]n3)nc3ccc(N4CCOCC4)cc3c2=O)cc1OC. The van der Waals surface area contributed by atoms with Crippen molar-refractivity contribution in [3.05, 3.63) is 64.1 Å². The second-order valence-corrected chi connectivity index (χ2v) is 10.3. The van der Waals surface area contributed by atoms with Gasteiger partial charge in [-0.25, -0.2) is 4.98 Å². The van der Waals surface area contributed by atoms with E-state index in [1.165, 1.54) is 11.8 Å². The standard InChI is InChI=1S/C28H32N6O5S/c1-18-14-25(32-31-18)30-26(35)17-40-28-29-22-6-5-20(33-10-12-39-13-11-33)16-21(22)27(36)34(28)9-8-19-4-7-23(37-2)24(15-19)38-3/h4-7,14-16H,8-13,17H2,1-3H3,(H2,30,31,32,35). The van der Waals surface area contributed by atoms with Gasteiger partial charge in [0.25, 0.3) is 5.56 Å². The van der Waals surface area contributed by atoms with Crippen LogP contribution in [-0.2, 0) is 22.5 Å². The smallest absolute Gasteiger partial charge is 0.262 e. The summed E-state index contributed by atoms with van der Waals surface area (Å²) >= 11 is 1.22. The van der Waals surface area contributed by atoms with Gasteiger partial charge in [0, 0.05) is 37.1 Å². The highest BCUT2D eigenvalue weighted by Gasteiger charge is 2.17. The molecule has 0 bridgehead atoms. The maximum absolute atomic E-state index is 13.9. The van der Waals surface area contributed by atoms with Crippen LogP contribution in [0.5, 0.6) is 11.5 Å². The lowest BCUT2D eigenvalue weighted by Gasteiger charge is -2.29. The molecule has 11 nitrogen and oxygen atoms in total. The zero-order valence-corrected chi connectivity index (χ0v) is 23.5. The summed E-state index contributed by atoms with van der Waals surface area (Å²) in [5.74, 6) is 1.56. The van der Waals surface area contributed by atoms with Gasteiger partial charge in [-0.05, 0) is 49.2 Å². The zero-order valence-electron chi connectivity index (χ0n) is 22.7. The molecule has 1 aliphatic heterocycles. The van der Waals surface area contributed by atoms with Crippen molar-refractivity contribution >= 4 is 40.1 Å². The summed E-state index contributed by atoms with van der Waals surface area (Å²) in [4.78, 5) is 33.5. The second kappa shape index (κ2) is 12.4. The fourth-order valence-electron chi connectivity index (χ4n) is 4.58. The van der Waals surface area contributed by atoms with E-state index in [0.717, 1.165) is 30.0 Å². The van der Waals surface area contributed by atoms with Gasteiger partial charge in [-0.1, -0.05) is 17.8 Å². The number of methoxy groups -OCH3 is 2. The zero-order chi connectivity index (χ0) is 28.1. The predicted molar refractivity (Wildman–Crippen MR) is 155 cm³/mol. The molecule has 0 atom stereocenters. The Bertz CT molecular complexity index is 1560. The molecule has 1 fully saturated rings. The van der Waals surface area contributed by atoms with E-state index in [0.29, 0.717) is 59.6 Å². The molecule has 12 heteroatoms. The van der Waals surface area contributed by atoms with Gasteiger partial charge in [-0.3, -0.25) is 19.3 Å². The molecule has 210 valence electrons. The van der Waals surface area contributed by atoms with E-state index in [2.05, 4.69) is 20.4 Å². The van der Waals surface area contributed by atoms with Gasteiger partial charge >= 0.3 is 0 Å². The van der Waals surface area contributed by atoms with Crippen LogP contribution in [0.15, 0.2) is 52.4 Å². The number of hydrogen-bond acceptors (Lipinski definition) is 9. The van der Waals surface area contributed by atoms with Crippen molar-refractivity contribution in [2.45, 2.75) is 25.0 Å². The summed E-state index contributed by atoms with van der Waals surface area (Å²) in [7, 11) is 3.19. The van der Waals surface area contributed by atoms with Crippen molar-refractivity contribution in [3.63, 3.8) is 0 Å². The molecular formula is C28H32N6O5S. The largest absolute Gasteiger partial charge is 0.493 e. The van der Waals surface area contributed by atoms with Gasteiger partial charge in [0.05, 0.1) is 44.1 Å². The Kier molecular flexibility index (Phi) is 8.56. The van der Waals surface area contributed by atoms with Crippen molar-refractivity contribution in [2.24, 2.45) is 0 Å². The van der Waals surface area contributed by atoms with Crippen LogP contribution in [0.3, 0.4) is 0 Å². The van der Waals surface area contributed by atoms with Crippen LogP contribution in [-0.4, -0.2) is 71.9 Å². The second-order valence-electron chi connectivity index (χ2n) is 9.36. The third-order valence-corrected chi connectivity index (χ3v) is 7.63. The molecule has 4 aromatic rings. The van der Waals surface area contributed by atoms with E-state index in [9.17, 15) is 9.59 Å². The van der Waals surface area contributed by atoms with Crippen LogP contribution in [0.25, 0.3) is 10.9 Å².